The lowest BCUT2D eigenvalue weighted by Gasteiger charge is -2.23. The Morgan fingerprint density at radius 1 is 1.47 bits per heavy atom. The number of carbonyl (C=O) groups is 2. The lowest BCUT2D eigenvalue weighted by Crippen LogP contribution is -2.50. The van der Waals surface area contributed by atoms with Crippen molar-refractivity contribution in [2.75, 3.05) is 26.4 Å². The summed E-state index contributed by atoms with van der Waals surface area (Å²) in [5.41, 5.74) is 0. The second-order valence-electron chi connectivity index (χ2n) is 3.02. The summed E-state index contributed by atoms with van der Waals surface area (Å²) in [6, 6.07) is -1.30. The molecule has 7 heteroatoms. The Kier molecular flexibility index (Phi) is 4.47. The zero-order chi connectivity index (χ0) is 11.3. The Bertz CT molecular complexity index is 237. The minimum Gasteiger partial charge on any atom is -0.480 e. The van der Waals surface area contributed by atoms with E-state index >= 15 is 0 Å². The highest BCUT2D eigenvalue weighted by molar-refractivity contribution is 5.86. The van der Waals surface area contributed by atoms with Crippen LogP contribution in [0.3, 0.4) is 0 Å². The Morgan fingerprint density at radius 3 is 2.67 bits per heavy atom. The average Bonchev–Trinajstić information content (AvgIpc) is 2.26. The molecule has 0 aromatic heterocycles. The zero-order valence-corrected chi connectivity index (χ0v) is 8.01. The molecule has 0 aromatic rings. The molecule has 1 rings (SSSR count). The van der Waals surface area contributed by atoms with Crippen molar-refractivity contribution in [1.82, 2.24) is 5.32 Å². The highest BCUT2D eigenvalue weighted by atomic mass is 16.6. The number of hydrogen-bond donors (Lipinski definition) is 3. The van der Waals surface area contributed by atoms with E-state index in [9.17, 15) is 9.59 Å². The lowest BCUT2D eigenvalue weighted by atomic mass is 10.2. The van der Waals surface area contributed by atoms with Crippen molar-refractivity contribution < 1.29 is 29.3 Å². The third kappa shape index (κ3) is 3.46. The normalized spacial score (nSPS) is 23.1. The Labute approximate surface area is 86.0 Å². The second kappa shape index (κ2) is 5.64. The monoisotopic (exact) mass is 219 g/mol. The van der Waals surface area contributed by atoms with Gasteiger partial charge in [-0.25, -0.2) is 4.79 Å². The number of nitrogens with one attached hydrogen (secondary N) is 1. The van der Waals surface area contributed by atoms with Crippen molar-refractivity contribution >= 4 is 11.9 Å². The summed E-state index contributed by atoms with van der Waals surface area (Å²) in [6.07, 6.45) is -0.799. The summed E-state index contributed by atoms with van der Waals surface area (Å²) in [6.45, 7) is 0.166. The molecule has 0 aromatic carbocycles. The molecule has 0 saturated carbocycles. The average molecular weight is 219 g/mol. The van der Waals surface area contributed by atoms with Gasteiger partial charge in [-0.15, -0.1) is 0 Å². The van der Waals surface area contributed by atoms with Gasteiger partial charge in [0.15, 0.2) is 6.10 Å². The predicted molar refractivity (Wildman–Crippen MR) is 47.2 cm³/mol. The summed E-state index contributed by atoms with van der Waals surface area (Å²) in [4.78, 5) is 21.9. The van der Waals surface area contributed by atoms with E-state index in [-0.39, 0.29) is 6.61 Å². The molecule has 1 fully saturated rings. The summed E-state index contributed by atoms with van der Waals surface area (Å²) < 4.78 is 10.0. The van der Waals surface area contributed by atoms with Gasteiger partial charge >= 0.3 is 5.97 Å². The van der Waals surface area contributed by atoms with Crippen LogP contribution in [0.25, 0.3) is 0 Å². The molecule has 86 valence electrons. The van der Waals surface area contributed by atoms with E-state index in [0.717, 1.165) is 0 Å². The molecular weight excluding hydrogens is 206 g/mol. The molecule has 0 radical (unpaired) electrons. The number of aliphatic carboxylic acids is 1. The molecule has 15 heavy (non-hydrogen) atoms. The number of carboxylic acids is 1. The van der Waals surface area contributed by atoms with Gasteiger partial charge in [-0.1, -0.05) is 0 Å². The maximum absolute atomic E-state index is 11.4. The molecule has 0 bridgehead atoms. The van der Waals surface area contributed by atoms with Crippen LogP contribution in [0.4, 0.5) is 0 Å². The number of aliphatic hydroxyl groups is 1. The number of amides is 1. The van der Waals surface area contributed by atoms with Gasteiger partial charge in [-0.2, -0.15) is 0 Å². The van der Waals surface area contributed by atoms with Crippen molar-refractivity contribution in [2.24, 2.45) is 0 Å². The number of carboxylic acid groups (broad SMARTS) is 1. The quantitative estimate of drug-likeness (QED) is 0.503. The van der Waals surface area contributed by atoms with Gasteiger partial charge in [0.25, 0.3) is 5.91 Å². The molecule has 1 aliphatic rings. The van der Waals surface area contributed by atoms with Crippen LogP contribution in [-0.2, 0) is 19.1 Å². The topological polar surface area (TPSA) is 105 Å². The van der Waals surface area contributed by atoms with Crippen molar-refractivity contribution in [1.29, 1.82) is 0 Å². The van der Waals surface area contributed by atoms with E-state index in [1.807, 2.05) is 0 Å². The molecule has 1 saturated heterocycles. The van der Waals surface area contributed by atoms with Gasteiger partial charge in [0.2, 0.25) is 0 Å². The van der Waals surface area contributed by atoms with Crippen molar-refractivity contribution in [3.63, 3.8) is 0 Å². The molecule has 7 nitrogen and oxygen atoms in total. The molecule has 2 atom stereocenters. The van der Waals surface area contributed by atoms with Gasteiger partial charge in [0.1, 0.15) is 6.04 Å². The van der Waals surface area contributed by atoms with E-state index in [4.69, 9.17) is 19.7 Å². The summed E-state index contributed by atoms with van der Waals surface area (Å²) in [5, 5.41) is 19.4. The van der Waals surface area contributed by atoms with Crippen LogP contribution in [0.2, 0.25) is 0 Å². The maximum Gasteiger partial charge on any atom is 0.328 e. The van der Waals surface area contributed by atoms with Crippen LogP contribution in [-0.4, -0.2) is 60.7 Å². The first-order chi connectivity index (χ1) is 7.15. The maximum atomic E-state index is 11.4. The Balaban J connectivity index is 2.42. The van der Waals surface area contributed by atoms with E-state index in [1.54, 1.807) is 0 Å². The zero-order valence-electron chi connectivity index (χ0n) is 8.01. The fourth-order valence-corrected chi connectivity index (χ4v) is 1.09. The lowest BCUT2D eigenvalue weighted by molar-refractivity contribution is -0.153. The fourth-order valence-electron chi connectivity index (χ4n) is 1.09. The standard InChI is InChI=1S/C8H13NO6/c10-3-5(8(12)13)9-7(11)6-4-14-1-2-15-6/h5-6,10H,1-4H2,(H,9,11)(H,12,13)/t5-,6?/m1/s1. The SMILES string of the molecule is O=C(N[C@H](CO)C(=O)O)C1COCCO1. The van der Waals surface area contributed by atoms with E-state index in [0.29, 0.717) is 13.2 Å². The van der Waals surface area contributed by atoms with Crippen LogP contribution in [0.1, 0.15) is 0 Å². The van der Waals surface area contributed by atoms with Crippen LogP contribution in [0.5, 0.6) is 0 Å². The van der Waals surface area contributed by atoms with Gasteiger partial charge in [0.05, 0.1) is 26.4 Å². The van der Waals surface area contributed by atoms with E-state index in [2.05, 4.69) is 5.32 Å². The van der Waals surface area contributed by atoms with Crippen LogP contribution in [0.15, 0.2) is 0 Å². The first-order valence-electron chi connectivity index (χ1n) is 4.48. The van der Waals surface area contributed by atoms with Crippen molar-refractivity contribution in [3.8, 4) is 0 Å². The van der Waals surface area contributed by atoms with Gasteiger partial charge in [-0.3, -0.25) is 4.79 Å². The number of hydrogen-bond acceptors (Lipinski definition) is 5. The van der Waals surface area contributed by atoms with Gasteiger partial charge < -0.3 is 25.0 Å². The summed E-state index contributed by atoms with van der Waals surface area (Å²) in [5.74, 6) is -1.88. The summed E-state index contributed by atoms with van der Waals surface area (Å²) >= 11 is 0. The Morgan fingerprint density at radius 2 is 2.20 bits per heavy atom. The molecule has 1 aliphatic heterocycles. The number of ether oxygens (including phenoxy) is 2. The Hall–Kier alpha value is -1.18. The minimum atomic E-state index is -1.30. The molecule has 3 N–H and O–H groups in total. The highest BCUT2D eigenvalue weighted by Crippen LogP contribution is 2.01. The van der Waals surface area contributed by atoms with Crippen LogP contribution >= 0.6 is 0 Å². The first-order valence-corrected chi connectivity index (χ1v) is 4.48. The molecule has 1 amide bonds. The van der Waals surface area contributed by atoms with Crippen LogP contribution < -0.4 is 5.32 Å². The van der Waals surface area contributed by atoms with E-state index < -0.39 is 30.6 Å². The highest BCUT2D eigenvalue weighted by Gasteiger charge is 2.27. The molecular formula is C8H13NO6. The van der Waals surface area contributed by atoms with Crippen molar-refractivity contribution in [3.05, 3.63) is 0 Å². The number of rotatable bonds is 4. The third-order valence-corrected chi connectivity index (χ3v) is 1.91. The first kappa shape index (κ1) is 11.9. The third-order valence-electron chi connectivity index (χ3n) is 1.91. The molecule has 0 spiro atoms. The molecule has 1 heterocycles. The van der Waals surface area contributed by atoms with E-state index in [1.165, 1.54) is 0 Å². The number of carbonyl (C=O) groups excluding carboxylic acids is 1. The van der Waals surface area contributed by atoms with Crippen molar-refractivity contribution in [2.45, 2.75) is 12.1 Å². The smallest absolute Gasteiger partial charge is 0.328 e. The largest absolute Gasteiger partial charge is 0.480 e. The minimum absolute atomic E-state index is 0.101. The number of aliphatic hydroxyl groups excluding tert-OH is 1. The second-order valence-corrected chi connectivity index (χ2v) is 3.02. The van der Waals surface area contributed by atoms with Crippen LogP contribution in [0, 0.1) is 0 Å². The molecule has 0 aliphatic carbocycles. The van der Waals surface area contributed by atoms with Gasteiger partial charge in [0, 0.05) is 0 Å². The summed E-state index contributed by atoms with van der Waals surface area (Å²) in [7, 11) is 0. The van der Waals surface area contributed by atoms with Gasteiger partial charge in [-0.05, 0) is 0 Å². The predicted octanol–water partition coefficient (Wildman–Crippen LogP) is -2.04. The molecule has 1 unspecified atom stereocenters. The fraction of sp³-hybridized carbons (Fsp3) is 0.750.